The van der Waals surface area contributed by atoms with E-state index in [1.807, 2.05) is 0 Å². The lowest BCUT2D eigenvalue weighted by Gasteiger charge is -2.13. The fraction of sp³-hybridized carbons (Fsp3) is 0.421. The van der Waals surface area contributed by atoms with Gasteiger partial charge in [0.15, 0.2) is 0 Å². The van der Waals surface area contributed by atoms with Crippen molar-refractivity contribution in [3.8, 4) is 0 Å². The lowest BCUT2D eigenvalue weighted by Crippen LogP contribution is -2.43. The smallest absolute Gasteiger partial charge is 0.319 e. The summed E-state index contributed by atoms with van der Waals surface area (Å²) in [6.45, 7) is -2.19. The number of nitrogens with zero attached hydrogens (tertiary/aromatic N) is 2. The maximum atomic E-state index is 13.0. The molecular formula is C19H18F5N2O3+. The van der Waals surface area contributed by atoms with Gasteiger partial charge < -0.3 is 4.74 Å². The number of carbonyl (C=O) groups is 2. The van der Waals surface area contributed by atoms with Gasteiger partial charge in [-0.1, -0.05) is 24.3 Å². The van der Waals surface area contributed by atoms with E-state index in [2.05, 4.69) is 4.74 Å². The monoisotopic (exact) mass is 417 g/mol. The van der Waals surface area contributed by atoms with Crippen molar-refractivity contribution in [2.75, 3.05) is 6.61 Å². The van der Waals surface area contributed by atoms with Gasteiger partial charge >= 0.3 is 12.8 Å². The minimum atomic E-state index is -4.35. The molecule has 10 heteroatoms. The number of rotatable bonds is 7. The summed E-state index contributed by atoms with van der Waals surface area (Å²) in [5, 5.41) is 0. The van der Waals surface area contributed by atoms with Crippen molar-refractivity contribution < 1.29 is 40.8 Å². The molecule has 2 aromatic rings. The molecule has 0 aliphatic heterocycles. The van der Waals surface area contributed by atoms with E-state index in [9.17, 15) is 31.5 Å². The Morgan fingerprint density at radius 1 is 1.10 bits per heavy atom. The number of benzene rings is 1. The lowest BCUT2D eigenvalue weighted by atomic mass is 9.90. The number of hydrogen-bond acceptors (Lipinski definition) is 3. The van der Waals surface area contributed by atoms with Crippen molar-refractivity contribution in [1.82, 2.24) is 4.57 Å². The predicted octanol–water partition coefficient (Wildman–Crippen LogP) is 3.44. The van der Waals surface area contributed by atoms with Gasteiger partial charge in [-0.25, -0.2) is 9.13 Å². The minimum absolute atomic E-state index is 0.0175. The predicted molar refractivity (Wildman–Crippen MR) is 89.9 cm³/mol. The second kappa shape index (κ2) is 8.02. The second-order valence-corrected chi connectivity index (χ2v) is 6.60. The molecule has 0 spiro atoms. The van der Waals surface area contributed by atoms with Gasteiger partial charge in [-0.2, -0.15) is 22.0 Å². The average molecular weight is 417 g/mol. The first kappa shape index (κ1) is 21.1. The summed E-state index contributed by atoms with van der Waals surface area (Å²) in [7, 11) is 0. The first-order chi connectivity index (χ1) is 13.6. The largest absolute Gasteiger partial charge is 0.389 e. The number of hydrogen-bond donors (Lipinski definition) is 0. The maximum Gasteiger partial charge on any atom is 0.389 e. The number of ether oxygens (including phenoxy) is 1. The zero-order valence-electron chi connectivity index (χ0n) is 15.4. The Hall–Kier alpha value is -2.62. The molecular weight excluding hydrogens is 399 g/mol. The van der Waals surface area contributed by atoms with Crippen molar-refractivity contribution in [2.24, 2.45) is 0 Å². The Kier molecular flexibility index (Phi) is 5.83. The van der Waals surface area contributed by atoms with Crippen LogP contribution in [0.3, 0.4) is 0 Å². The first-order valence-corrected chi connectivity index (χ1v) is 8.89. The number of aromatic nitrogens is 2. The molecule has 0 amide bonds. The Morgan fingerprint density at radius 2 is 1.72 bits per heavy atom. The molecule has 0 fully saturated rings. The quantitative estimate of drug-likeness (QED) is 0.437. The molecule has 0 unspecified atom stereocenters. The van der Waals surface area contributed by atoms with Crippen LogP contribution in [0.5, 0.6) is 0 Å². The Balaban J connectivity index is 2.04. The van der Waals surface area contributed by atoms with Crippen molar-refractivity contribution >= 4 is 11.6 Å². The van der Waals surface area contributed by atoms with E-state index in [1.54, 1.807) is 12.1 Å². The Bertz CT molecular complexity index is 950. The van der Waals surface area contributed by atoms with E-state index in [0.717, 1.165) is 0 Å². The number of halogens is 5. The van der Waals surface area contributed by atoms with Crippen molar-refractivity contribution in [3.63, 3.8) is 0 Å². The second-order valence-electron chi connectivity index (χ2n) is 6.60. The molecule has 1 aliphatic carbocycles. The van der Waals surface area contributed by atoms with Crippen LogP contribution in [-0.4, -0.2) is 35.5 Å². The molecule has 29 heavy (non-hydrogen) atoms. The first-order valence-electron chi connectivity index (χ1n) is 8.89. The highest BCUT2D eigenvalue weighted by atomic mass is 19.4. The molecule has 0 bridgehead atoms. The van der Waals surface area contributed by atoms with Crippen molar-refractivity contribution in [2.45, 2.75) is 45.6 Å². The van der Waals surface area contributed by atoms with Gasteiger partial charge in [0, 0.05) is 24.5 Å². The molecule has 1 aliphatic rings. The van der Waals surface area contributed by atoms with Crippen LogP contribution < -0.4 is 4.57 Å². The van der Waals surface area contributed by atoms with Crippen LogP contribution in [0.2, 0.25) is 0 Å². The highest BCUT2D eigenvalue weighted by Gasteiger charge is 2.43. The summed E-state index contributed by atoms with van der Waals surface area (Å²) in [5.74, 6) is -0.645. The minimum Gasteiger partial charge on any atom is -0.319 e. The van der Waals surface area contributed by atoms with E-state index in [4.69, 9.17) is 0 Å². The maximum absolute atomic E-state index is 13.0. The molecule has 1 aromatic heterocycles. The Labute approximate surface area is 162 Å². The summed E-state index contributed by atoms with van der Waals surface area (Å²) in [4.78, 5) is 26.0. The third kappa shape index (κ3) is 4.21. The molecule has 0 saturated heterocycles. The molecule has 156 valence electrons. The normalized spacial score (nSPS) is 13.8. The molecule has 0 N–H and O–H groups in total. The molecule has 1 aromatic carbocycles. The van der Waals surface area contributed by atoms with Crippen LogP contribution >= 0.6 is 0 Å². The highest BCUT2D eigenvalue weighted by molar-refractivity contribution is 6.26. The van der Waals surface area contributed by atoms with Crippen LogP contribution in [0.1, 0.15) is 50.8 Å². The number of fused-ring (bicyclic) bond motifs is 2. The van der Waals surface area contributed by atoms with Crippen LogP contribution in [-0.2, 0) is 17.8 Å². The SMILES string of the molecule is Cc1n(CCOC(F)F)c2c([n+]1CCCC(F)(F)F)C(=O)c1ccccc1C2=O. The summed E-state index contributed by atoms with van der Waals surface area (Å²) in [6.07, 6.45) is -5.69. The lowest BCUT2D eigenvalue weighted by molar-refractivity contribution is -0.704. The molecule has 0 radical (unpaired) electrons. The van der Waals surface area contributed by atoms with Gasteiger partial charge in [-0.15, -0.1) is 0 Å². The summed E-state index contributed by atoms with van der Waals surface area (Å²) in [6, 6.07) is 6.13. The molecule has 5 nitrogen and oxygen atoms in total. The highest BCUT2D eigenvalue weighted by Crippen LogP contribution is 2.28. The fourth-order valence-corrected chi connectivity index (χ4v) is 3.54. The summed E-state index contributed by atoms with van der Waals surface area (Å²) < 4.78 is 69.3. The number of carbonyl (C=O) groups excluding carboxylic acids is 2. The fourth-order valence-electron chi connectivity index (χ4n) is 3.54. The molecule has 0 atom stereocenters. The van der Waals surface area contributed by atoms with E-state index in [-0.39, 0.29) is 42.0 Å². The zero-order valence-corrected chi connectivity index (χ0v) is 15.4. The number of alkyl halides is 5. The van der Waals surface area contributed by atoms with Crippen LogP contribution in [0.4, 0.5) is 22.0 Å². The van der Waals surface area contributed by atoms with Crippen LogP contribution in [0, 0.1) is 6.92 Å². The topological polar surface area (TPSA) is 52.2 Å². The van der Waals surface area contributed by atoms with Gasteiger partial charge in [0.25, 0.3) is 5.82 Å². The van der Waals surface area contributed by atoms with Gasteiger partial charge in [0.1, 0.15) is 6.54 Å². The van der Waals surface area contributed by atoms with Crippen molar-refractivity contribution in [3.05, 3.63) is 52.6 Å². The van der Waals surface area contributed by atoms with Gasteiger partial charge in [0.2, 0.25) is 23.0 Å². The van der Waals surface area contributed by atoms with Gasteiger partial charge in [-0.3, -0.25) is 9.59 Å². The molecule has 0 saturated carbocycles. The van der Waals surface area contributed by atoms with Crippen molar-refractivity contribution in [1.29, 1.82) is 0 Å². The standard InChI is InChI=1S/C19H18F5N2O3/c1-11-25(8-4-7-19(22,23)24)14-15(26(11)9-10-29-18(20)21)17(28)13-6-3-2-5-12(13)16(14)27/h2-3,5-6,18H,4,7-10H2,1H3/q+1. The Morgan fingerprint density at radius 3 is 2.31 bits per heavy atom. The molecule has 1 heterocycles. The summed E-state index contributed by atoms with van der Waals surface area (Å²) in [5.41, 5.74) is 0.290. The third-order valence-corrected chi connectivity index (χ3v) is 4.79. The third-order valence-electron chi connectivity index (χ3n) is 4.79. The average Bonchev–Trinajstić information content (AvgIpc) is 2.91. The number of imidazole rings is 1. The van der Waals surface area contributed by atoms with Crippen LogP contribution in [0.15, 0.2) is 24.3 Å². The zero-order chi connectivity index (χ0) is 21.3. The van der Waals surface area contributed by atoms with E-state index >= 15 is 0 Å². The summed E-state index contributed by atoms with van der Waals surface area (Å²) >= 11 is 0. The van der Waals surface area contributed by atoms with Gasteiger partial charge in [0.05, 0.1) is 13.2 Å². The van der Waals surface area contributed by atoms with E-state index < -0.39 is 37.4 Å². The van der Waals surface area contributed by atoms with E-state index in [1.165, 1.54) is 28.2 Å². The van der Waals surface area contributed by atoms with Gasteiger partial charge in [-0.05, 0) is 6.42 Å². The van der Waals surface area contributed by atoms with E-state index in [0.29, 0.717) is 5.82 Å². The number of ketones is 2. The van der Waals surface area contributed by atoms with Crippen LogP contribution in [0.25, 0.3) is 0 Å². The molecule has 3 rings (SSSR count).